The van der Waals surface area contributed by atoms with Gasteiger partial charge >= 0.3 is 0 Å². The van der Waals surface area contributed by atoms with Crippen LogP contribution in [0.3, 0.4) is 0 Å². The zero-order valence-electron chi connectivity index (χ0n) is 14.9. The number of halogens is 1. The molecule has 3 aromatic rings. The van der Waals surface area contributed by atoms with Gasteiger partial charge in [0.2, 0.25) is 5.91 Å². The molecule has 2 heterocycles. The molecule has 1 aliphatic rings. The Balaban J connectivity index is 1.84. The van der Waals surface area contributed by atoms with Crippen LogP contribution in [0.2, 0.25) is 0 Å². The van der Waals surface area contributed by atoms with Gasteiger partial charge in [0, 0.05) is 23.6 Å². The Morgan fingerprint density at radius 3 is 2.63 bits per heavy atom. The number of methoxy groups -OCH3 is 2. The fraction of sp³-hybridized carbons (Fsp3) is 0.200. The lowest BCUT2D eigenvalue weighted by molar-refractivity contribution is -0.116. The lowest BCUT2D eigenvalue weighted by atomic mass is 9.89. The predicted molar refractivity (Wildman–Crippen MR) is 98.2 cm³/mol. The molecule has 0 unspecified atom stereocenters. The van der Waals surface area contributed by atoms with E-state index >= 15 is 0 Å². The first-order valence-electron chi connectivity index (χ1n) is 8.46. The number of fused-ring (bicyclic) bond motifs is 1. The molecule has 0 spiro atoms. The maximum atomic E-state index is 13.2. The number of imidazole rings is 1. The van der Waals surface area contributed by atoms with E-state index in [1.165, 1.54) is 12.1 Å². The molecule has 0 saturated heterocycles. The summed E-state index contributed by atoms with van der Waals surface area (Å²) in [7, 11) is 3.15. The largest absolute Gasteiger partial charge is 0.493 e. The molecule has 1 atom stereocenters. The average molecular weight is 367 g/mol. The lowest BCUT2D eigenvalue weighted by Crippen LogP contribution is -2.25. The summed E-state index contributed by atoms with van der Waals surface area (Å²) in [5.41, 5.74) is 2.27. The Morgan fingerprint density at radius 1 is 1.15 bits per heavy atom. The summed E-state index contributed by atoms with van der Waals surface area (Å²) in [6.45, 7) is 0. The van der Waals surface area contributed by atoms with Gasteiger partial charge in [-0.25, -0.2) is 9.37 Å². The number of nitrogens with zero attached hydrogens (tertiary/aromatic N) is 2. The summed E-state index contributed by atoms with van der Waals surface area (Å²) >= 11 is 0. The van der Waals surface area contributed by atoms with Crippen LogP contribution in [-0.4, -0.2) is 29.7 Å². The molecule has 0 saturated carbocycles. The standard InChI is InChI=1S/C20H18FN3O3/c1-26-16-5-3-4-14(19(16)27-2)15-10-17(25)23-20-18(15)22-11-24(20)13-8-6-12(21)7-9-13/h3-9,11,15H,10H2,1-2H3,(H,23,25)/t15-/m1/s1. The van der Waals surface area contributed by atoms with Crippen molar-refractivity contribution in [1.29, 1.82) is 0 Å². The number of hydrogen-bond donors (Lipinski definition) is 1. The smallest absolute Gasteiger partial charge is 0.226 e. The van der Waals surface area contributed by atoms with Gasteiger partial charge in [-0.2, -0.15) is 0 Å². The summed E-state index contributed by atoms with van der Waals surface area (Å²) in [6.07, 6.45) is 1.88. The molecule has 2 aromatic carbocycles. The molecule has 1 N–H and O–H groups in total. The third-order valence-electron chi connectivity index (χ3n) is 4.69. The quantitative estimate of drug-likeness (QED) is 0.766. The minimum atomic E-state index is -0.323. The highest BCUT2D eigenvalue weighted by atomic mass is 19.1. The van der Waals surface area contributed by atoms with Crippen LogP contribution in [0.25, 0.3) is 5.69 Å². The number of carbonyl (C=O) groups is 1. The monoisotopic (exact) mass is 367 g/mol. The van der Waals surface area contributed by atoms with Crippen LogP contribution in [0.15, 0.2) is 48.8 Å². The number of rotatable bonds is 4. The van der Waals surface area contributed by atoms with Gasteiger partial charge in [-0.3, -0.25) is 9.36 Å². The number of amides is 1. The van der Waals surface area contributed by atoms with E-state index in [4.69, 9.17) is 9.47 Å². The fourth-order valence-electron chi connectivity index (χ4n) is 3.45. The minimum absolute atomic E-state index is 0.124. The van der Waals surface area contributed by atoms with E-state index in [0.717, 1.165) is 11.3 Å². The van der Waals surface area contributed by atoms with Crippen molar-refractivity contribution in [3.05, 3.63) is 65.9 Å². The fourth-order valence-corrected chi connectivity index (χ4v) is 3.45. The first kappa shape index (κ1) is 17.1. The van der Waals surface area contributed by atoms with Crippen LogP contribution in [0.5, 0.6) is 11.5 Å². The van der Waals surface area contributed by atoms with Gasteiger partial charge in [-0.05, 0) is 30.3 Å². The van der Waals surface area contributed by atoms with E-state index < -0.39 is 0 Å². The van der Waals surface area contributed by atoms with E-state index in [0.29, 0.717) is 23.0 Å². The van der Waals surface area contributed by atoms with Crippen LogP contribution < -0.4 is 14.8 Å². The number of aromatic nitrogens is 2. The van der Waals surface area contributed by atoms with Crippen molar-refractivity contribution in [2.45, 2.75) is 12.3 Å². The van der Waals surface area contributed by atoms with Gasteiger partial charge in [0.1, 0.15) is 18.0 Å². The SMILES string of the molecule is COc1cccc([C@H]2CC(=O)Nc3c2ncn3-c2ccc(F)cc2)c1OC. The van der Waals surface area contributed by atoms with Crippen molar-refractivity contribution in [2.24, 2.45) is 0 Å². The Hall–Kier alpha value is -3.35. The molecule has 1 aromatic heterocycles. The van der Waals surface area contributed by atoms with Crippen LogP contribution in [0.1, 0.15) is 23.6 Å². The van der Waals surface area contributed by atoms with E-state index in [2.05, 4.69) is 10.3 Å². The van der Waals surface area contributed by atoms with Gasteiger partial charge < -0.3 is 14.8 Å². The molecule has 7 heteroatoms. The van der Waals surface area contributed by atoms with Gasteiger partial charge in [-0.15, -0.1) is 0 Å². The van der Waals surface area contributed by atoms with Gasteiger partial charge in [0.25, 0.3) is 0 Å². The Kier molecular flexibility index (Phi) is 4.27. The molecule has 27 heavy (non-hydrogen) atoms. The van der Waals surface area contributed by atoms with Crippen LogP contribution >= 0.6 is 0 Å². The van der Waals surface area contributed by atoms with Crippen LogP contribution in [-0.2, 0) is 4.79 Å². The molecule has 4 rings (SSSR count). The van der Waals surface area contributed by atoms with Crippen LogP contribution in [0, 0.1) is 5.82 Å². The highest BCUT2D eigenvalue weighted by Gasteiger charge is 2.33. The Labute approximate surface area is 155 Å². The number of carbonyl (C=O) groups excluding carboxylic acids is 1. The van der Waals surface area contributed by atoms with Crippen molar-refractivity contribution >= 4 is 11.7 Å². The summed E-state index contributed by atoms with van der Waals surface area (Å²) in [5, 5.41) is 2.88. The summed E-state index contributed by atoms with van der Waals surface area (Å²) in [6, 6.07) is 11.6. The third-order valence-corrected chi connectivity index (χ3v) is 4.69. The van der Waals surface area contributed by atoms with E-state index in [-0.39, 0.29) is 24.1 Å². The Bertz CT molecular complexity index is 998. The average Bonchev–Trinajstić information content (AvgIpc) is 3.11. The maximum Gasteiger partial charge on any atom is 0.226 e. The first-order valence-corrected chi connectivity index (χ1v) is 8.46. The summed E-state index contributed by atoms with van der Waals surface area (Å²) in [4.78, 5) is 17.0. The molecule has 1 amide bonds. The van der Waals surface area contributed by atoms with Crippen molar-refractivity contribution < 1.29 is 18.7 Å². The molecule has 0 bridgehead atoms. The predicted octanol–water partition coefficient (Wildman–Crippen LogP) is 3.50. The number of hydrogen-bond acceptors (Lipinski definition) is 4. The molecule has 0 radical (unpaired) electrons. The second-order valence-electron chi connectivity index (χ2n) is 6.21. The molecule has 0 aliphatic carbocycles. The lowest BCUT2D eigenvalue weighted by Gasteiger charge is -2.25. The molecule has 138 valence electrons. The number of anilines is 1. The van der Waals surface area contributed by atoms with Crippen molar-refractivity contribution in [2.75, 3.05) is 19.5 Å². The van der Waals surface area contributed by atoms with Crippen molar-refractivity contribution in [3.63, 3.8) is 0 Å². The minimum Gasteiger partial charge on any atom is -0.493 e. The van der Waals surface area contributed by atoms with E-state index in [9.17, 15) is 9.18 Å². The van der Waals surface area contributed by atoms with E-state index in [1.807, 2.05) is 18.2 Å². The molecule has 0 fully saturated rings. The zero-order chi connectivity index (χ0) is 19.0. The van der Waals surface area contributed by atoms with Crippen molar-refractivity contribution in [3.8, 4) is 17.2 Å². The van der Waals surface area contributed by atoms with Gasteiger partial charge in [0.05, 0.1) is 19.9 Å². The molecular weight excluding hydrogens is 349 g/mol. The van der Waals surface area contributed by atoms with Crippen molar-refractivity contribution in [1.82, 2.24) is 9.55 Å². The number of benzene rings is 2. The second-order valence-corrected chi connectivity index (χ2v) is 6.21. The third kappa shape index (κ3) is 2.91. The normalized spacial score (nSPS) is 15.8. The maximum absolute atomic E-state index is 13.2. The second kappa shape index (κ2) is 6.75. The highest BCUT2D eigenvalue weighted by Crippen LogP contribution is 2.43. The van der Waals surface area contributed by atoms with Gasteiger partial charge in [-0.1, -0.05) is 12.1 Å². The number of ether oxygens (including phenoxy) is 2. The number of para-hydroxylation sites is 1. The summed E-state index contributed by atoms with van der Waals surface area (Å²) in [5.74, 6) is 1.03. The summed E-state index contributed by atoms with van der Waals surface area (Å²) < 4.78 is 25.9. The molecule has 1 aliphatic heterocycles. The van der Waals surface area contributed by atoms with E-state index in [1.54, 1.807) is 37.2 Å². The number of nitrogens with one attached hydrogen (secondary N) is 1. The van der Waals surface area contributed by atoms with Crippen LogP contribution in [0.4, 0.5) is 10.2 Å². The topological polar surface area (TPSA) is 65.4 Å². The molecular formula is C20H18FN3O3. The molecule has 6 nitrogen and oxygen atoms in total. The van der Waals surface area contributed by atoms with Gasteiger partial charge in [0.15, 0.2) is 11.5 Å². The first-order chi connectivity index (χ1) is 13.1. The highest BCUT2D eigenvalue weighted by molar-refractivity contribution is 5.94. The Morgan fingerprint density at radius 2 is 1.93 bits per heavy atom. The zero-order valence-corrected chi connectivity index (χ0v) is 14.9.